The first-order valence-corrected chi connectivity index (χ1v) is 8.98. The van der Waals surface area contributed by atoms with Crippen LogP contribution in [-0.2, 0) is 25.9 Å². The summed E-state index contributed by atoms with van der Waals surface area (Å²) in [7, 11) is 0. The van der Waals surface area contributed by atoms with Crippen LogP contribution in [0.2, 0.25) is 0 Å². The summed E-state index contributed by atoms with van der Waals surface area (Å²) >= 11 is 0. The highest BCUT2D eigenvalue weighted by Crippen LogP contribution is 2.26. The SMILES string of the molecule is O=c1ccncn1CC1CCN(Cc2noc3c2CCCC3)CC1. The number of aryl methyl sites for hydroxylation is 1. The molecule has 0 N–H and O–H groups in total. The van der Waals surface area contributed by atoms with E-state index in [0.29, 0.717) is 5.92 Å². The number of aromatic nitrogens is 3. The van der Waals surface area contributed by atoms with E-state index in [-0.39, 0.29) is 5.56 Å². The third kappa shape index (κ3) is 3.29. The maximum Gasteiger partial charge on any atom is 0.253 e. The van der Waals surface area contributed by atoms with E-state index in [1.165, 1.54) is 24.5 Å². The highest BCUT2D eigenvalue weighted by atomic mass is 16.5. The molecule has 0 saturated carbocycles. The molecule has 1 aliphatic heterocycles. The van der Waals surface area contributed by atoms with Gasteiger partial charge in [0.05, 0.1) is 6.33 Å². The molecule has 0 aromatic carbocycles. The summed E-state index contributed by atoms with van der Waals surface area (Å²) in [5.74, 6) is 1.66. The zero-order chi connectivity index (χ0) is 16.4. The van der Waals surface area contributed by atoms with E-state index in [4.69, 9.17) is 4.52 Å². The Labute approximate surface area is 141 Å². The highest BCUT2D eigenvalue weighted by molar-refractivity contribution is 5.25. The van der Waals surface area contributed by atoms with Crippen LogP contribution >= 0.6 is 0 Å². The summed E-state index contributed by atoms with van der Waals surface area (Å²) in [4.78, 5) is 18.3. The summed E-state index contributed by atoms with van der Waals surface area (Å²) in [6, 6.07) is 1.53. The Kier molecular flexibility index (Phi) is 4.47. The normalized spacial score (nSPS) is 19.3. The van der Waals surface area contributed by atoms with Crippen LogP contribution < -0.4 is 5.56 Å². The zero-order valence-corrected chi connectivity index (χ0v) is 14.0. The standard InChI is InChI=1S/C18H24N4O2/c23-18-5-8-19-13-22(18)11-14-6-9-21(10-7-14)12-16-15-3-1-2-4-17(15)24-20-16/h5,8,13-14H,1-4,6-7,9-12H2. The lowest BCUT2D eigenvalue weighted by Crippen LogP contribution is -2.36. The second-order valence-electron chi connectivity index (χ2n) is 7.03. The summed E-state index contributed by atoms with van der Waals surface area (Å²) in [6.07, 6.45) is 10.1. The molecule has 6 nitrogen and oxygen atoms in total. The minimum absolute atomic E-state index is 0.0432. The number of nitrogens with zero attached hydrogens (tertiary/aromatic N) is 4. The Morgan fingerprint density at radius 3 is 2.88 bits per heavy atom. The Hall–Kier alpha value is -1.95. The molecule has 6 heteroatoms. The zero-order valence-electron chi connectivity index (χ0n) is 14.0. The van der Waals surface area contributed by atoms with Gasteiger partial charge >= 0.3 is 0 Å². The van der Waals surface area contributed by atoms with Gasteiger partial charge in [-0.2, -0.15) is 0 Å². The second-order valence-corrected chi connectivity index (χ2v) is 7.03. The van der Waals surface area contributed by atoms with Crippen molar-refractivity contribution >= 4 is 0 Å². The highest BCUT2D eigenvalue weighted by Gasteiger charge is 2.24. The summed E-state index contributed by atoms with van der Waals surface area (Å²) in [6.45, 7) is 3.79. The second kappa shape index (κ2) is 6.89. The van der Waals surface area contributed by atoms with E-state index >= 15 is 0 Å². The van der Waals surface area contributed by atoms with Crippen molar-refractivity contribution in [1.82, 2.24) is 19.6 Å². The lowest BCUT2D eigenvalue weighted by molar-refractivity contribution is 0.162. The number of fused-ring (bicyclic) bond motifs is 1. The molecule has 0 unspecified atom stereocenters. The number of hydrogen-bond acceptors (Lipinski definition) is 5. The van der Waals surface area contributed by atoms with Crippen molar-refractivity contribution in [3.05, 3.63) is 46.0 Å². The van der Waals surface area contributed by atoms with Crippen molar-refractivity contribution in [3.8, 4) is 0 Å². The van der Waals surface area contributed by atoms with Crippen LogP contribution in [0, 0.1) is 5.92 Å². The molecular formula is C18H24N4O2. The Bertz CT molecular complexity index is 743. The Morgan fingerprint density at radius 1 is 1.21 bits per heavy atom. The molecule has 24 heavy (non-hydrogen) atoms. The number of piperidine rings is 1. The largest absolute Gasteiger partial charge is 0.361 e. The van der Waals surface area contributed by atoms with Crippen LogP contribution in [-0.4, -0.2) is 32.7 Å². The fourth-order valence-corrected chi connectivity index (χ4v) is 3.91. The van der Waals surface area contributed by atoms with Gasteiger partial charge in [-0.15, -0.1) is 0 Å². The third-order valence-corrected chi connectivity index (χ3v) is 5.36. The summed E-state index contributed by atoms with van der Waals surface area (Å²) < 4.78 is 7.25. The summed E-state index contributed by atoms with van der Waals surface area (Å²) in [5, 5.41) is 4.32. The van der Waals surface area contributed by atoms with Gasteiger partial charge < -0.3 is 4.52 Å². The molecule has 2 aromatic heterocycles. The van der Waals surface area contributed by atoms with Crippen molar-refractivity contribution in [2.75, 3.05) is 13.1 Å². The van der Waals surface area contributed by atoms with Crippen LogP contribution in [0.15, 0.2) is 27.9 Å². The van der Waals surface area contributed by atoms with Crippen LogP contribution in [0.1, 0.15) is 42.7 Å². The Balaban J connectivity index is 1.33. The molecule has 1 fully saturated rings. The van der Waals surface area contributed by atoms with Crippen LogP contribution in [0.4, 0.5) is 0 Å². The van der Waals surface area contributed by atoms with Gasteiger partial charge in [0, 0.05) is 37.3 Å². The number of rotatable bonds is 4. The Morgan fingerprint density at radius 2 is 2.04 bits per heavy atom. The van der Waals surface area contributed by atoms with E-state index in [9.17, 15) is 4.79 Å². The molecule has 0 amide bonds. The molecule has 0 bridgehead atoms. The van der Waals surface area contributed by atoms with Gasteiger partial charge in [0.2, 0.25) is 0 Å². The minimum Gasteiger partial charge on any atom is -0.361 e. The molecule has 3 heterocycles. The van der Waals surface area contributed by atoms with Gasteiger partial charge in [-0.05, 0) is 51.1 Å². The quantitative estimate of drug-likeness (QED) is 0.859. The minimum atomic E-state index is 0.0432. The lowest BCUT2D eigenvalue weighted by Gasteiger charge is -2.31. The predicted molar refractivity (Wildman–Crippen MR) is 89.6 cm³/mol. The van der Waals surface area contributed by atoms with Crippen molar-refractivity contribution < 1.29 is 4.52 Å². The molecule has 2 aliphatic rings. The lowest BCUT2D eigenvalue weighted by atomic mass is 9.94. The van der Waals surface area contributed by atoms with Crippen molar-refractivity contribution in [1.29, 1.82) is 0 Å². The molecule has 128 valence electrons. The maximum absolute atomic E-state index is 11.8. The van der Waals surface area contributed by atoms with Gasteiger partial charge in [0.25, 0.3) is 5.56 Å². The molecule has 1 saturated heterocycles. The van der Waals surface area contributed by atoms with Crippen molar-refractivity contribution in [3.63, 3.8) is 0 Å². The first-order chi connectivity index (χ1) is 11.8. The summed E-state index contributed by atoms with van der Waals surface area (Å²) in [5.41, 5.74) is 2.55. The van der Waals surface area contributed by atoms with Gasteiger partial charge in [0.15, 0.2) is 0 Å². The maximum atomic E-state index is 11.8. The number of hydrogen-bond donors (Lipinski definition) is 0. The molecular weight excluding hydrogens is 304 g/mol. The van der Waals surface area contributed by atoms with E-state index in [0.717, 1.165) is 63.3 Å². The fourth-order valence-electron chi connectivity index (χ4n) is 3.91. The van der Waals surface area contributed by atoms with Crippen molar-refractivity contribution in [2.45, 2.75) is 51.6 Å². The molecule has 0 radical (unpaired) electrons. The van der Waals surface area contributed by atoms with Crippen molar-refractivity contribution in [2.24, 2.45) is 5.92 Å². The van der Waals surface area contributed by atoms with Gasteiger partial charge in [-0.1, -0.05) is 5.16 Å². The molecule has 2 aromatic rings. The fraction of sp³-hybridized carbons (Fsp3) is 0.611. The van der Waals surface area contributed by atoms with E-state index in [1.54, 1.807) is 17.1 Å². The van der Waals surface area contributed by atoms with Crippen LogP contribution in [0.25, 0.3) is 0 Å². The van der Waals surface area contributed by atoms with E-state index < -0.39 is 0 Å². The predicted octanol–water partition coefficient (Wildman–Crippen LogP) is 2.02. The topological polar surface area (TPSA) is 64.2 Å². The van der Waals surface area contributed by atoms with E-state index in [2.05, 4.69) is 15.0 Å². The third-order valence-electron chi connectivity index (χ3n) is 5.36. The molecule has 0 spiro atoms. The first-order valence-electron chi connectivity index (χ1n) is 8.98. The van der Waals surface area contributed by atoms with Crippen LogP contribution in [0.5, 0.6) is 0 Å². The molecule has 1 aliphatic carbocycles. The van der Waals surface area contributed by atoms with Crippen LogP contribution in [0.3, 0.4) is 0 Å². The smallest absolute Gasteiger partial charge is 0.253 e. The number of likely N-dealkylation sites (tertiary alicyclic amines) is 1. The molecule has 4 rings (SSSR count). The average molecular weight is 328 g/mol. The first kappa shape index (κ1) is 15.6. The van der Waals surface area contributed by atoms with E-state index in [1.807, 2.05) is 0 Å². The average Bonchev–Trinajstić information content (AvgIpc) is 3.02. The van der Waals surface area contributed by atoms with Gasteiger partial charge in [0.1, 0.15) is 11.5 Å². The van der Waals surface area contributed by atoms with Gasteiger partial charge in [-0.3, -0.25) is 14.3 Å². The molecule has 0 atom stereocenters. The van der Waals surface area contributed by atoms with Gasteiger partial charge in [-0.25, -0.2) is 4.98 Å². The monoisotopic (exact) mass is 328 g/mol.